The lowest BCUT2D eigenvalue weighted by atomic mass is 10.2. The number of imidazole rings is 1. The predicted octanol–water partition coefficient (Wildman–Crippen LogP) is 1.21. The molecule has 0 bridgehead atoms. The highest BCUT2D eigenvalue weighted by Gasteiger charge is 2.02. The quantitative estimate of drug-likeness (QED) is 0.521. The summed E-state index contributed by atoms with van der Waals surface area (Å²) in [7, 11) is 1.68. The fourth-order valence-electron chi connectivity index (χ4n) is 1.43. The summed E-state index contributed by atoms with van der Waals surface area (Å²) in [5.41, 5.74) is 8.57. The second-order valence-electron chi connectivity index (χ2n) is 3.16. The summed E-state index contributed by atoms with van der Waals surface area (Å²) >= 11 is 0. The molecule has 0 fully saturated rings. The number of aryl methyl sites for hydroxylation is 1. The van der Waals surface area contributed by atoms with Crippen LogP contribution in [0.2, 0.25) is 0 Å². The van der Waals surface area contributed by atoms with E-state index in [9.17, 15) is 0 Å². The summed E-state index contributed by atoms with van der Waals surface area (Å²) in [6.45, 7) is 1.93. The van der Waals surface area contributed by atoms with Gasteiger partial charge in [0.05, 0.1) is 11.0 Å². The Hall–Kier alpha value is -1.84. The average molecular weight is 188 g/mol. The van der Waals surface area contributed by atoms with Crippen LogP contribution in [-0.2, 0) is 0 Å². The molecule has 0 saturated heterocycles. The van der Waals surface area contributed by atoms with Gasteiger partial charge in [-0.25, -0.2) is 4.98 Å². The Morgan fingerprint density at radius 1 is 1.50 bits per heavy atom. The molecule has 72 valence electrons. The second kappa shape index (κ2) is 3.14. The van der Waals surface area contributed by atoms with Crippen LogP contribution >= 0.6 is 0 Å². The molecule has 0 saturated carbocycles. The van der Waals surface area contributed by atoms with E-state index in [4.69, 9.17) is 5.73 Å². The molecule has 2 aromatic rings. The molecule has 1 heterocycles. The van der Waals surface area contributed by atoms with Crippen molar-refractivity contribution in [2.45, 2.75) is 6.92 Å². The second-order valence-corrected chi connectivity index (χ2v) is 3.16. The minimum absolute atomic E-state index is 0.541. The number of nitrogens with one attached hydrogen (secondary N) is 1. The van der Waals surface area contributed by atoms with Gasteiger partial charge in [-0.3, -0.25) is 4.99 Å². The Morgan fingerprint density at radius 2 is 2.29 bits per heavy atom. The highest BCUT2D eigenvalue weighted by molar-refractivity contribution is 5.99. The number of amidine groups is 1. The van der Waals surface area contributed by atoms with Crippen molar-refractivity contribution in [1.29, 1.82) is 0 Å². The molecule has 0 spiro atoms. The molecule has 4 heteroatoms. The maximum absolute atomic E-state index is 5.71. The van der Waals surface area contributed by atoms with Crippen molar-refractivity contribution in [3.8, 4) is 0 Å². The zero-order valence-corrected chi connectivity index (χ0v) is 8.20. The topological polar surface area (TPSA) is 67.1 Å². The first kappa shape index (κ1) is 8.74. The minimum Gasteiger partial charge on any atom is -0.384 e. The minimum atomic E-state index is 0.541. The number of H-pyrrole nitrogens is 1. The number of hydrogen-bond donors (Lipinski definition) is 2. The van der Waals surface area contributed by atoms with E-state index in [0.29, 0.717) is 5.84 Å². The van der Waals surface area contributed by atoms with Crippen molar-refractivity contribution >= 4 is 16.9 Å². The number of hydrogen-bond acceptors (Lipinski definition) is 2. The van der Waals surface area contributed by atoms with Crippen LogP contribution in [0, 0.1) is 6.92 Å². The van der Waals surface area contributed by atoms with Crippen molar-refractivity contribution in [3.05, 3.63) is 29.6 Å². The third-order valence-electron chi connectivity index (χ3n) is 2.14. The summed E-state index contributed by atoms with van der Waals surface area (Å²) < 4.78 is 0. The maximum Gasteiger partial charge on any atom is 0.125 e. The van der Waals surface area contributed by atoms with Crippen LogP contribution in [0.4, 0.5) is 0 Å². The number of fused-ring (bicyclic) bond motifs is 1. The summed E-state index contributed by atoms with van der Waals surface area (Å²) in [5.74, 6) is 1.45. The van der Waals surface area contributed by atoms with Crippen LogP contribution in [-0.4, -0.2) is 22.9 Å². The standard InChI is InChI=1S/C10H12N4/c1-6-13-8-4-3-7(10(11)12-2)5-9(8)14-6/h3-5H,1-2H3,(H2,11,12)(H,13,14). The molecule has 0 aliphatic carbocycles. The zero-order valence-electron chi connectivity index (χ0n) is 8.20. The molecule has 3 N–H and O–H groups in total. The highest BCUT2D eigenvalue weighted by atomic mass is 14.9. The molecule has 0 atom stereocenters. The first-order valence-corrected chi connectivity index (χ1v) is 4.39. The molecule has 0 aliphatic rings. The van der Waals surface area contributed by atoms with Crippen molar-refractivity contribution in [2.24, 2.45) is 10.7 Å². The van der Waals surface area contributed by atoms with Gasteiger partial charge in [0.25, 0.3) is 0 Å². The van der Waals surface area contributed by atoms with E-state index in [-0.39, 0.29) is 0 Å². The van der Waals surface area contributed by atoms with Crippen LogP contribution in [0.3, 0.4) is 0 Å². The van der Waals surface area contributed by atoms with Crippen molar-refractivity contribution in [2.75, 3.05) is 7.05 Å². The fourth-order valence-corrected chi connectivity index (χ4v) is 1.43. The lowest BCUT2D eigenvalue weighted by molar-refractivity contribution is 1.17. The molecular formula is C10H12N4. The first-order valence-electron chi connectivity index (χ1n) is 4.39. The molecule has 0 unspecified atom stereocenters. The maximum atomic E-state index is 5.71. The number of nitrogens with two attached hydrogens (primary N) is 1. The SMILES string of the molecule is CN=C(N)c1ccc2nc(C)[nH]c2c1. The molecule has 4 nitrogen and oxygen atoms in total. The molecular weight excluding hydrogens is 176 g/mol. The monoisotopic (exact) mass is 188 g/mol. The summed E-state index contributed by atoms with van der Waals surface area (Å²) in [4.78, 5) is 11.4. The van der Waals surface area contributed by atoms with Crippen molar-refractivity contribution in [1.82, 2.24) is 9.97 Å². The average Bonchev–Trinajstić information content (AvgIpc) is 2.55. The van der Waals surface area contributed by atoms with Crippen LogP contribution < -0.4 is 5.73 Å². The van der Waals surface area contributed by atoms with Gasteiger partial charge in [0.1, 0.15) is 11.7 Å². The Bertz CT molecular complexity index is 496. The zero-order chi connectivity index (χ0) is 10.1. The number of benzene rings is 1. The van der Waals surface area contributed by atoms with E-state index in [1.165, 1.54) is 0 Å². The third kappa shape index (κ3) is 1.35. The summed E-state index contributed by atoms with van der Waals surface area (Å²) in [6.07, 6.45) is 0. The largest absolute Gasteiger partial charge is 0.384 e. The normalized spacial score (nSPS) is 12.3. The molecule has 1 aromatic carbocycles. The van der Waals surface area contributed by atoms with E-state index in [1.807, 2.05) is 25.1 Å². The van der Waals surface area contributed by atoms with E-state index < -0.39 is 0 Å². The van der Waals surface area contributed by atoms with Crippen molar-refractivity contribution in [3.63, 3.8) is 0 Å². The molecule has 0 radical (unpaired) electrons. The number of aromatic nitrogens is 2. The Balaban J connectivity index is 2.61. The Kier molecular flexibility index (Phi) is 1.96. The third-order valence-corrected chi connectivity index (χ3v) is 2.14. The molecule has 0 amide bonds. The first-order chi connectivity index (χ1) is 6.70. The highest BCUT2D eigenvalue weighted by Crippen LogP contribution is 2.13. The van der Waals surface area contributed by atoms with Gasteiger partial charge in [-0.1, -0.05) is 0 Å². The Labute approximate surface area is 81.9 Å². The van der Waals surface area contributed by atoms with Crippen LogP contribution in [0.25, 0.3) is 11.0 Å². The molecule has 14 heavy (non-hydrogen) atoms. The van der Waals surface area contributed by atoms with Gasteiger partial charge in [0.15, 0.2) is 0 Å². The van der Waals surface area contributed by atoms with Crippen LogP contribution in [0.1, 0.15) is 11.4 Å². The van der Waals surface area contributed by atoms with Crippen LogP contribution in [0.15, 0.2) is 23.2 Å². The van der Waals surface area contributed by atoms with Gasteiger partial charge in [0.2, 0.25) is 0 Å². The van der Waals surface area contributed by atoms with Crippen molar-refractivity contribution < 1.29 is 0 Å². The van der Waals surface area contributed by atoms with Gasteiger partial charge in [-0.2, -0.15) is 0 Å². The number of nitrogens with zero attached hydrogens (tertiary/aromatic N) is 2. The lowest BCUT2D eigenvalue weighted by Gasteiger charge is -1.98. The number of rotatable bonds is 1. The lowest BCUT2D eigenvalue weighted by Crippen LogP contribution is -2.12. The fraction of sp³-hybridized carbons (Fsp3) is 0.200. The van der Waals surface area contributed by atoms with E-state index >= 15 is 0 Å². The van der Waals surface area contributed by atoms with Gasteiger partial charge in [0, 0.05) is 12.6 Å². The molecule has 1 aromatic heterocycles. The van der Waals surface area contributed by atoms with E-state index in [1.54, 1.807) is 7.05 Å². The smallest absolute Gasteiger partial charge is 0.125 e. The summed E-state index contributed by atoms with van der Waals surface area (Å²) in [5, 5.41) is 0. The number of aliphatic imine (C=N–C) groups is 1. The van der Waals surface area contributed by atoms with E-state index in [0.717, 1.165) is 22.4 Å². The van der Waals surface area contributed by atoms with Crippen LogP contribution in [0.5, 0.6) is 0 Å². The predicted molar refractivity (Wildman–Crippen MR) is 57.5 cm³/mol. The van der Waals surface area contributed by atoms with Gasteiger partial charge >= 0.3 is 0 Å². The van der Waals surface area contributed by atoms with Gasteiger partial charge in [-0.05, 0) is 25.1 Å². The Morgan fingerprint density at radius 3 is 3.00 bits per heavy atom. The molecule has 0 aliphatic heterocycles. The van der Waals surface area contributed by atoms with E-state index in [2.05, 4.69) is 15.0 Å². The molecule has 2 rings (SSSR count). The summed E-state index contributed by atoms with van der Waals surface area (Å²) in [6, 6.07) is 5.81. The van der Waals surface area contributed by atoms with Gasteiger partial charge < -0.3 is 10.7 Å². The number of aromatic amines is 1. The van der Waals surface area contributed by atoms with Gasteiger partial charge in [-0.15, -0.1) is 0 Å².